The second-order valence-corrected chi connectivity index (χ2v) is 6.79. The van der Waals surface area contributed by atoms with Crippen molar-refractivity contribution in [3.8, 4) is 0 Å². The molecule has 1 unspecified atom stereocenters. The van der Waals surface area contributed by atoms with Crippen molar-refractivity contribution in [3.05, 3.63) is 21.3 Å². The molecule has 1 amide bonds. The number of thiophene rings is 1. The van der Waals surface area contributed by atoms with Crippen molar-refractivity contribution < 1.29 is 4.79 Å². The van der Waals surface area contributed by atoms with Crippen molar-refractivity contribution in [1.29, 1.82) is 0 Å². The highest BCUT2D eigenvalue weighted by Gasteiger charge is 2.21. The minimum Gasteiger partial charge on any atom is -0.369 e. The molecule has 2 rings (SSSR count). The molecule has 0 aromatic carbocycles. The first-order chi connectivity index (χ1) is 9.04. The minimum atomic E-state index is -0.243. The van der Waals surface area contributed by atoms with Crippen LogP contribution in [0.2, 0.25) is 4.34 Å². The highest BCUT2D eigenvalue weighted by atomic mass is 35.5. The van der Waals surface area contributed by atoms with E-state index in [1.54, 1.807) is 11.3 Å². The van der Waals surface area contributed by atoms with Crippen LogP contribution in [-0.4, -0.2) is 36.5 Å². The van der Waals surface area contributed by atoms with Crippen LogP contribution in [0.15, 0.2) is 12.1 Å². The summed E-state index contributed by atoms with van der Waals surface area (Å²) in [5.74, 6) is -0.243. The predicted molar refractivity (Wildman–Crippen MR) is 79.5 cm³/mol. The zero-order chi connectivity index (χ0) is 13.8. The maximum Gasteiger partial charge on any atom is 0.231 e. The molecule has 1 aromatic heterocycles. The number of carbonyl (C=O) groups is 1. The molecule has 19 heavy (non-hydrogen) atoms. The number of halogens is 1. The molecular formula is C13H20ClN3OS. The largest absolute Gasteiger partial charge is 0.369 e. The number of nitrogens with zero attached hydrogens (tertiary/aromatic N) is 1. The first kappa shape index (κ1) is 14.8. The summed E-state index contributed by atoms with van der Waals surface area (Å²) >= 11 is 7.58. The molecule has 1 saturated heterocycles. The summed E-state index contributed by atoms with van der Waals surface area (Å²) in [6.07, 6.45) is 2.10. The summed E-state index contributed by atoms with van der Waals surface area (Å²) in [7, 11) is 0. The van der Waals surface area contributed by atoms with E-state index >= 15 is 0 Å². The summed E-state index contributed by atoms with van der Waals surface area (Å²) in [6, 6.07) is 4.84. The molecule has 4 nitrogen and oxygen atoms in total. The van der Waals surface area contributed by atoms with Crippen molar-refractivity contribution in [2.24, 2.45) is 5.73 Å². The third kappa shape index (κ3) is 4.45. The second-order valence-electron chi connectivity index (χ2n) is 5.05. The fourth-order valence-corrected chi connectivity index (χ4v) is 3.55. The molecule has 0 bridgehead atoms. The van der Waals surface area contributed by atoms with Crippen LogP contribution in [0.25, 0.3) is 0 Å². The third-order valence-corrected chi connectivity index (χ3v) is 4.89. The quantitative estimate of drug-likeness (QED) is 0.874. The normalized spacial score (nSPS) is 19.5. The lowest BCUT2D eigenvalue weighted by molar-refractivity contribution is -0.119. The standard InChI is InChI=1S/C13H20ClN3OS/c1-9(11-2-3-12(14)19-11)16-10-4-6-17(7-5-10)8-13(15)18/h2-3,9-10,16H,4-8H2,1H3,(H2,15,18). The van der Waals surface area contributed by atoms with Gasteiger partial charge in [-0.15, -0.1) is 11.3 Å². The Labute approximate surface area is 122 Å². The summed E-state index contributed by atoms with van der Waals surface area (Å²) in [6.45, 7) is 4.40. The van der Waals surface area contributed by atoms with Gasteiger partial charge in [0.15, 0.2) is 0 Å². The highest BCUT2D eigenvalue weighted by Crippen LogP contribution is 2.27. The van der Waals surface area contributed by atoms with Gasteiger partial charge in [-0.3, -0.25) is 9.69 Å². The number of primary amides is 1. The molecule has 0 saturated carbocycles. The van der Waals surface area contributed by atoms with E-state index in [4.69, 9.17) is 17.3 Å². The van der Waals surface area contributed by atoms with Crippen LogP contribution in [0.3, 0.4) is 0 Å². The molecule has 1 atom stereocenters. The van der Waals surface area contributed by atoms with E-state index in [1.165, 1.54) is 4.88 Å². The van der Waals surface area contributed by atoms with E-state index in [2.05, 4.69) is 23.2 Å². The summed E-state index contributed by atoms with van der Waals surface area (Å²) in [5, 5.41) is 3.63. The third-order valence-electron chi connectivity index (χ3n) is 3.47. The molecule has 0 aliphatic carbocycles. The van der Waals surface area contributed by atoms with Gasteiger partial charge in [0, 0.05) is 30.1 Å². The lowest BCUT2D eigenvalue weighted by Crippen LogP contribution is -2.45. The van der Waals surface area contributed by atoms with Gasteiger partial charge < -0.3 is 11.1 Å². The molecule has 6 heteroatoms. The van der Waals surface area contributed by atoms with Gasteiger partial charge in [0.2, 0.25) is 5.91 Å². The molecule has 106 valence electrons. The van der Waals surface area contributed by atoms with Crippen LogP contribution < -0.4 is 11.1 Å². The van der Waals surface area contributed by atoms with Crippen molar-refractivity contribution in [3.63, 3.8) is 0 Å². The molecule has 1 fully saturated rings. The smallest absolute Gasteiger partial charge is 0.231 e. The first-order valence-electron chi connectivity index (χ1n) is 6.56. The minimum absolute atomic E-state index is 0.243. The van der Waals surface area contributed by atoms with Crippen molar-refractivity contribution in [2.75, 3.05) is 19.6 Å². The van der Waals surface area contributed by atoms with Crippen LogP contribution in [-0.2, 0) is 4.79 Å². The van der Waals surface area contributed by atoms with Crippen LogP contribution in [0.4, 0.5) is 0 Å². The summed E-state index contributed by atoms with van der Waals surface area (Å²) in [4.78, 5) is 14.3. The number of nitrogens with one attached hydrogen (secondary N) is 1. The number of rotatable bonds is 5. The number of piperidine rings is 1. The lowest BCUT2D eigenvalue weighted by atomic mass is 10.0. The average molecular weight is 302 g/mol. The average Bonchev–Trinajstić information content (AvgIpc) is 2.78. The van der Waals surface area contributed by atoms with Crippen molar-refractivity contribution >= 4 is 28.8 Å². The predicted octanol–water partition coefficient (Wildman–Crippen LogP) is 2.00. The van der Waals surface area contributed by atoms with Gasteiger partial charge >= 0.3 is 0 Å². The molecule has 0 radical (unpaired) electrons. The van der Waals surface area contributed by atoms with E-state index in [1.807, 2.05) is 6.07 Å². The molecule has 1 aliphatic rings. The summed E-state index contributed by atoms with van der Waals surface area (Å²) in [5.41, 5.74) is 5.21. The van der Waals surface area contributed by atoms with Gasteiger partial charge in [0.25, 0.3) is 0 Å². The van der Waals surface area contributed by atoms with Crippen LogP contribution >= 0.6 is 22.9 Å². The molecule has 3 N–H and O–H groups in total. The Morgan fingerprint density at radius 2 is 2.26 bits per heavy atom. The Kier molecular flexibility index (Phi) is 5.21. The molecule has 2 heterocycles. The van der Waals surface area contributed by atoms with Crippen molar-refractivity contribution in [2.45, 2.75) is 31.8 Å². The number of hydrogen-bond donors (Lipinski definition) is 2. The zero-order valence-electron chi connectivity index (χ0n) is 11.1. The van der Waals surface area contributed by atoms with E-state index in [-0.39, 0.29) is 5.91 Å². The Hall–Kier alpha value is -0.620. The maximum absolute atomic E-state index is 10.9. The van der Waals surface area contributed by atoms with Crippen LogP contribution in [0.1, 0.15) is 30.7 Å². The fourth-order valence-electron chi connectivity index (χ4n) is 2.47. The highest BCUT2D eigenvalue weighted by molar-refractivity contribution is 7.16. The van der Waals surface area contributed by atoms with Gasteiger partial charge in [0.1, 0.15) is 0 Å². The van der Waals surface area contributed by atoms with Gasteiger partial charge in [-0.2, -0.15) is 0 Å². The number of hydrogen-bond acceptors (Lipinski definition) is 4. The Morgan fingerprint density at radius 3 is 2.79 bits per heavy atom. The molecule has 1 aliphatic heterocycles. The Bertz CT molecular complexity index is 429. The molecule has 0 spiro atoms. The summed E-state index contributed by atoms with van der Waals surface area (Å²) < 4.78 is 0.833. The van der Waals surface area contributed by atoms with Gasteiger partial charge in [-0.05, 0) is 31.9 Å². The van der Waals surface area contributed by atoms with E-state index in [0.29, 0.717) is 18.6 Å². The Balaban J connectivity index is 1.77. The monoisotopic (exact) mass is 301 g/mol. The molecular weight excluding hydrogens is 282 g/mol. The number of nitrogens with two attached hydrogens (primary N) is 1. The fraction of sp³-hybridized carbons (Fsp3) is 0.615. The number of likely N-dealkylation sites (tertiary alicyclic amines) is 1. The zero-order valence-corrected chi connectivity index (χ0v) is 12.6. The van der Waals surface area contributed by atoms with Crippen LogP contribution in [0, 0.1) is 0 Å². The Morgan fingerprint density at radius 1 is 1.58 bits per heavy atom. The van der Waals surface area contributed by atoms with E-state index in [0.717, 1.165) is 30.3 Å². The van der Waals surface area contributed by atoms with Crippen molar-refractivity contribution in [1.82, 2.24) is 10.2 Å². The SMILES string of the molecule is CC(NC1CCN(CC(N)=O)CC1)c1ccc(Cl)s1. The van der Waals surface area contributed by atoms with Gasteiger partial charge in [0.05, 0.1) is 10.9 Å². The second kappa shape index (κ2) is 6.70. The van der Waals surface area contributed by atoms with Gasteiger partial charge in [-0.25, -0.2) is 0 Å². The van der Waals surface area contributed by atoms with Gasteiger partial charge in [-0.1, -0.05) is 11.6 Å². The number of amides is 1. The van der Waals surface area contributed by atoms with E-state index in [9.17, 15) is 4.79 Å². The first-order valence-corrected chi connectivity index (χ1v) is 7.76. The maximum atomic E-state index is 10.9. The van der Waals surface area contributed by atoms with Crippen LogP contribution in [0.5, 0.6) is 0 Å². The number of carbonyl (C=O) groups excluding carboxylic acids is 1. The topological polar surface area (TPSA) is 58.4 Å². The van der Waals surface area contributed by atoms with E-state index < -0.39 is 0 Å². The molecule has 1 aromatic rings. The lowest BCUT2D eigenvalue weighted by Gasteiger charge is -2.33.